The van der Waals surface area contributed by atoms with E-state index in [4.69, 9.17) is 0 Å². The van der Waals surface area contributed by atoms with E-state index < -0.39 is 0 Å². The largest absolute Gasteiger partial charge is 0.334 e. The van der Waals surface area contributed by atoms with Crippen LogP contribution in [0.2, 0.25) is 0 Å². The quantitative estimate of drug-likeness (QED) is 0.774. The zero-order valence-electron chi connectivity index (χ0n) is 12.6. The monoisotopic (exact) mass is 308 g/mol. The molecule has 7 heteroatoms. The Balaban J connectivity index is 1.57. The highest BCUT2D eigenvalue weighted by molar-refractivity contribution is 5.89. The summed E-state index contributed by atoms with van der Waals surface area (Å²) in [6, 6.07) is 15.0. The topological polar surface area (TPSA) is 84.7 Å². The first-order chi connectivity index (χ1) is 11.2. The molecule has 2 aromatic carbocycles. The highest BCUT2D eigenvalue weighted by Crippen LogP contribution is 2.12. The van der Waals surface area contributed by atoms with Crippen LogP contribution in [0, 0.1) is 6.92 Å². The van der Waals surface area contributed by atoms with Crippen molar-refractivity contribution in [1.82, 2.24) is 25.5 Å². The summed E-state index contributed by atoms with van der Waals surface area (Å²) in [5.41, 5.74) is 3.76. The van der Waals surface area contributed by atoms with Crippen LogP contribution in [0.5, 0.6) is 0 Å². The van der Waals surface area contributed by atoms with Crippen molar-refractivity contribution in [3.63, 3.8) is 0 Å². The van der Waals surface area contributed by atoms with Crippen LogP contribution in [0.1, 0.15) is 11.1 Å². The predicted molar refractivity (Wildman–Crippen MR) is 86.2 cm³/mol. The maximum absolute atomic E-state index is 12.0. The Labute approximate surface area is 133 Å². The highest BCUT2D eigenvalue weighted by Gasteiger charge is 2.04. The van der Waals surface area contributed by atoms with Crippen molar-refractivity contribution in [2.24, 2.45) is 0 Å². The number of nitrogens with zero attached hydrogens (tertiary/aromatic N) is 4. The second kappa shape index (κ2) is 6.69. The molecule has 0 aliphatic carbocycles. The second-order valence-electron chi connectivity index (χ2n) is 5.04. The van der Waals surface area contributed by atoms with E-state index in [1.807, 2.05) is 43.3 Å². The van der Waals surface area contributed by atoms with Gasteiger partial charge in [-0.25, -0.2) is 9.48 Å². The zero-order chi connectivity index (χ0) is 16.1. The molecular weight excluding hydrogens is 292 g/mol. The Morgan fingerprint density at radius 1 is 1.13 bits per heavy atom. The van der Waals surface area contributed by atoms with E-state index in [9.17, 15) is 4.79 Å². The number of carbonyl (C=O) groups is 1. The lowest BCUT2D eigenvalue weighted by Crippen LogP contribution is -2.28. The molecule has 0 radical (unpaired) electrons. The summed E-state index contributed by atoms with van der Waals surface area (Å²) >= 11 is 0. The average Bonchev–Trinajstić information content (AvgIpc) is 3.09. The number of aryl methyl sites for hydroxylation is 1. The van der Waals surface area contributed by atoms with Gasteiger partial charge >= 0.3 is 6.03 Å². The van der Waals surface area contributed by atoms with Gasteiger partial charge in [0.2, 0.25) is 0 Å². The molecule has 1 aromatic heterocycles. The molecule has 1 heterocycles. The predicted octanol–water partition coefficient (Wildman–Crippen LogP) is 2.29. The molecule has 3 aromatic rings. The van der Waals surface area contributed by atoms with Crippen molar-refractivity contribution < 1.29 is 4.79 Å². The maximum Gasteiger partial charge on any atom is 0.319 e. The van der Waals surface area contributed by atoms with Gasteiger partial charge in [0.15, 0.2) is 0 Å². The van der Waals surface area contributed by atoms with Crippen LogP contribution in [-0.4, -0.2) is 26.2 Å². The Morgan fingerprint density at radius 3 is 2.61 bits per heavy atom. The first-order valence-electron chi connectivity index (χ1n) is 7.15. The van der Waals surface area contributed by atoms with Crippen LogP contribution in [-0.2, 0) is 6.54 Å². The number of amides is 2. The van der Waals surface area contributed by atoms with Crippen LogP contribution in [0.4, 0.5) is 10.5 Å². The molecule has 0 aliphatic heterocycles. The summed E-state index contributed by atoms with van der Waals surface area (Å²) in [6.07, 6.45) is 1.51. The number of anilines is 1. The van der Waals surface area contributed by atoms with E-state index in [2.05, 4.69) is 26.2 Å². The van der Waals surface area contributed by atoms with Gasteiger partial charge in [0.1, 0.15) is 6.33 Å². The molecular formula is C16H16N6O. The summed E-state index contributed by atoms with van der Waals surface area (Å²) in [4.78, 5) is 12.0. The van der Waals surface area contributed by atoms with Gasteiger partial charge in [-0.2, -0.15) is 0 Å². The van der Waals surface area contributed by atoms with Gasteiger partial charge in [-0.05, 0) is 52.7 Å². The first kappa shape index (κ1) is 14.7. The number of rotatable bonds is 4. The molecule has 0 unspecified atom stereocenters. The molecule has 116 valence electrons. The number of benzene rings is 2. The van der Waals surface area contributed by atoms with Gasteiger partial charge in [-0.15, -0.1) is 5.10 Å². The molecule has 0 saturated heterocycles. The first-order valence-corrected chi connectivity index (χ1v) is 7.15. The molecule has 0 bridgehead atoms. The molecule has 3 rings (SSSR count). The Bertz CT molecular complexity index is 783. The lowest BCUT2D eigenvalue weighted by molar-refractivity contribution is 0.251. The van der Waals surface area contributed by atoms with Crippen LogP contribution in [0.3, 0.4) is 0 Å². The minimum atomic E-state index is -0.247. The van der Waals surface area contributed by atoms with E-state index >= 15 is 0 Å². The van der Waals surface area contributed by atoms with E-state index in [1.165, 1.54) is 6.33 Å². The van der Waals surface area contributed by atoms with Gasteiger partial charge in [-0.3, -0.25) is 0 Å². The Morgan fingerprint density at radius 2 is 1.91 bits per heavy atom. The molecule has 0 atom stereocenters. The number of hydrogen-bond donors (Lipinski definition) is 2. The minimum Gasteiger partial charge on any atom is -0.334 e. The van der Waals surface area contributed by atoms with Gasteiger partial charge in [0.25, 0.3) is 0 Å². The third-order valence-electron chi connectivity index (χ3n) is 3.44. The molecule has 23 heavy (non-hydrogen) atoms. The van der Waals surface area contributed by atoms with Gasteiger partial charge in [0.05, 0.1) is 5.69 Å². The number of tetrazole rings is 1. The molecule has 2 N–H and O–H groups in total. The van der Waals surface area contributed by atoms with Crippen molar-refractivity contribution >= 4 is 11.7 Å². The minimum absolute atomic E-state index is 0.247. The standard InChI is InChI=1S/C16H16N6O/c1-12-4-2-3-5-13(12)10-17-16(23)19-14-6-8-15(9-7-14)22-11-18-20-21-22/h2-9,11H,10H2,1H3,(H2,17,19,23). The summed E-state index contributed by atoms with van der Waals surface area (Å²) in [5, 5.41) is 16.6. The van der Waals surface area contributed by atoms with Crippen molar-refractivity contribution in [2.75, 3.05) is 5.32 Å². The van der Waals surface area contributed by atoms with Crippen molar-refractivity contribution in [3.05, 3.63) is 66.0 Å². The smallest absolute Gasteiger partial charge is 0.319 e. The third kappa shape index (κ3) is 3.70. The molecule has 0 spiro atoms. The SMILES string of the molecule is Cc1ccccc1CNC(=O)Nc1ccc(-n2cnnn2)cc1. The van der Waals surface area contributed by atoms with Crippen molar-refractivity contribution in [2.45, 2.75) is 13.5 Å². The highest BCUT2D eigenvalue weighted by atomic mass is 16.2. The number of nitrogens with one attached hydrogen (secondary N) is 2. The Hall–Kier alpha value is -3.22. The summed E-state index contributed by atoms with van der Waals surface area (Å²) in [5.74, 6) is 0. The van der Waals surface area contributed by atoms with Crippen LogP contribution in [0.25, 0.3) is 5.69 Å². The fourth-order valence-electron chi connectivity index (χ4n) is 2.14. The zero-order valence-corrected chi connectivity index (χ0v) is 12.6. The van der Waals surface area contributed by atoms with Crippen LogP contribution >= 0.6 is 0 Å². The Kier molecular flexibility index (Phi) is 4.28. The number of carbonyl (C=O) groups excluding carboxylic acids is 1. The second-order valence-corrected chi connectivity index (χ2v) is 5.04. The summed E-state index contributed by atoms with van der Waals surface area (Å²) < 4.78 is 1.54. The fraction of sp³-hybridized carbons (Fsp3) is 0.125. The van der Waals surface area contributed by atoms with E-state index in [0.717, 1.165) is 16.8 Å². The lowest BCUT2D eigenvalue weighted by Gasteiger charge is -2.09. The maximum atomic E-state index is 12.0. The number of aromatic nitrogens is 4. The van der Waals surface area contributed by atoms with Crippen molar-refractivity contribution in [1.29, 1.82) is 0 Å². The summed E-state index contributed by atoms with van der Waals surface area (Å²) in [6.45, 7) is 2.51. The molecule has 7 nitrogen and oxygen atoms in total. The van der Waals surface area contributed by atoms with Gasteiger partial charge in [-0.1, -0.05) is 24.3 Å². The normalized spacial score (nSPS) is 10.3. The third-order valence-corrected chi connectivity index (χ3v) is 3.44. The summed E-state index contributed by atoms with van der Waals surface area (Å²) in [7, 11) is 0. The molecule has 2 amide bonds. The van der Waals surface area contributed by atoms with E-state index in [1.54, 1.807) is 16.8 Å². The number of hydrogen-bond acceptors (Lipinski definition) is 4. The van der Waals surface area contributed by atoms with E-state index in [0.29, 0.717) is 12.2 Å². The fourth-order valence-corrected chi connectivity index (χ4v) is 2.14. The van der Waals surface area contributed by atoms with Crippen LogP contribution in [0.15, 0.2) is 54.9 Å². The number of urea groups is 1. The molecule has 0 aliphatic rings. The van der Waals surface area contributed by atoms with Crippen LogP contribution < -0.4 is 10.6 Å². The average molecular weight is 308 g/mol. The van der Waals surface area contributed by atoms with E-state index in [-0.39, 0.29) is 6.03 Å². The van der Waals surface area contributed by atoms with Crippen molar-refractivity contribution in [3.8, 4) is 5.69 Å². The van der Waals surface area contributed by atoms with Gasteiger partial charge in [0, 0.05) is 12.2 Å². The molecule has 0 fully saturated rings. The van der Waals surface area contributed by atoms with Gasteiger partial charge < -0.3 is 10.6 Å². The lowest BCUT2D eigenvalue weighted by atomic mass is 10.1. The molecule has 0 saturated carbocycles.